The quantitative estimate of drug-likeness (QED) is 0.672. The Labute approximate surface area is 121 Å². The molecule has 1 saturated heterocycles. The molecule has 7 heteroatoms. The van der Waals surface area contributed by atoms with Crippen LogP contribution in [-0.4, -0.2) is 39.9 Å². The minimum Gasteiger partial charge on any atom is -0.481 e. The molecule has 1 aliphatic heterocycles. The van der Waals surface area contributed by atoms with Crippen LogP contribution in [-0.2, 0) is 4.79 Å². The maximum Gasteiger partial charge on any atom is 0.306 e. The van der Waals surface area contributed by atoms with Gasteiger partial charge in [-0.15, -0.1) is 0 Å². The number of hydrogen-bond donors (Lipinski definition) is 1. The number of nitrogens with zero attached hydrogens (tertiary/aromatic N) is 2. The van der Waals surface area contributed by atoms with Crippen molar-refractivity contribution in [3.63, 3.8) is 0 Å². The van der Waals surface area contributed by atoms with Crippen molar-refractivity contribution in [2.45, 2.75) is 13.8 Å². The third-order valence-corrected chi connectivity index (χ3v) is 3.95. The van der Waals surface area contributed by atoms with Crippen molar-refractivity contribution < 1.29 is 19.6 Å². The van der Waals surface area contributed by atoms with Crippen molar-refractivity contribution in [1.29, 1.82) is 0 Å². The summed E-state index contributed by atoms with van der Waals surface area (Å²) in [6.07, 6.45) is 0. The highest BCUT2D eigenvalue weighted by atomic mass is 16.6. The van der Waals surface area contributed by atoms with Crippen LogP contribution in [0.4, 0.5) is 5.69 Å². The van der Waals surface area contributed by atoms with Gasteiger partial charge in [-0.25, -0.2) is 0 Å². The van der Waals surface area contributed by atoms with E-state index in [-0.39, 0.29) is 17.2 Å². The average molecular weight is 292 g/mol. The molecule has 1 aliphatic rings. The van der Waals surface area contributed by atoms with E-state index in [2.05, 4.69) is 0 Å². The minimum atomic E-state index is -0.894. The highest BCUT2D eigenvalue weighted by molar-refractivity contribution is 6.00. The van der Waals surface area contributed by atoms with Crippen LogP contribution in [0.15, 0.2) is 18.2 Å². The van der Waals surface area contributed by atoms with Gasteiger partial charge in [0.05, 0.1) is 10.8 Å². The maximum atomic E-state index is 12.4. The Morgan fingerprint density at radius 1 is 1.43 bits per heavy atom. The summed E-state index contributed by atoms with van der Waals surface area (Å²) < 4.78 is 0. The van der Waals surface area contributed by atoms with Crippen LogP contribution in [0, 0.1) is 28.9 Å². The van der Waals surface area contributed by atoms with E-state index in [9.17, 15) is 19.7 Å². The average Bonchev–Trinajstić information content (AvgIpc) is 2.35. The van der Waals surface area contributed by atoms with E-state index in [1.165, 1.54) is 17.0 Å². The van der Waals surface area contributed by atoms with Gasteiger partial charge in [-0.2, -0.15) is 0 Å². The Morgan fingerprint density at radius 2 is 2.05 bits per heavy atom. The molecule has 1 fully saturated rings. The van der Waals surface area contributed by atoms with E-state index < -0.39 is 22.7 Å². The van der Waals surface area contributed by atoms with E-state index in [1.54, 1.807) is 19.9 Å². The number of rotatable bonds is 4. The lowest BCUT2D eigenvalue weighted by Gasteiger charge is -2.41. The first-order valence-electron chi connectivity index (χ1n) is 6.59. The fourth-order valence-electron chi connectivity index (χ4n) is 2.44. The van der Waals surface area contributed by atoms with Crippen LogP contribution in [0.2, 0.25) is 0 Å². The normalized spacial score (nSPS) is 16.2. The molecule has 0 aromatic heterocycles. The molecule has 0 radical (unpaired) electrons. The Bertz CT molecular complexity index is 607. The molecule has 2 rings (SSSR count). The van der Waals surface area contributed by atoms with Gasteiger partial charge in [0.1, 0.15) is 5.56 Å². The number of carboxylic acids is 1. The number of hydrogen-bond acceptors (Lipinski definition) is 4. The van der Waals surface area contributed by atoms with E-state index in [0.29, 0.717) is 18.7 Å². The van der Waals surface area contributed by atoms with E-state index in [1.807, 2.05) is 0 Å². The van der Waals surface area contributed by atoms with Crippen LogP contribution >= 0.6 is 0 Å². The number of nitro benzene ring substituents is 1. The summed E-state index contributed by atoms with van der Waals surface area (Å²) in [5.41, 5.74) is 0.419. The largest absolute Gasteiger partial charge is 0.481 e. The number of carbonyl (C=O) groups excluding carboxylic acids is 1. The Hall–Kier alpha value is -2.44. The lowest BCUT2D eigenvalue weighted by molar-refractivity contribution is -0.385. The topological polar surface area (TPSA) is 101 Å². The fourth-order valence-corrected chi connectivity index (χ4v) is 2.44. The molecule has 21 heavy (non-hydrogen) atoms. The molecule has 1 aromatic carbocycles. The number of likely N-dealkylation sites (tertiary alicyclic amines) is 1. The smallest absolute Gasteiger partial charge is 0.306 e. The first-order valence-corrected chi connectivity index (χ1v) is 6.59. The molecular weight excluding hydrogens is 276 g/mol. The molecule has 1 heterocycles. The van der Waals surface area contributed by atoms with E-state index >= 15 is 0 Å². The molecule has 0 saturated carbocycles. The molecule has 0 bridgehead atoms. The molecule has 0 spiro atoms. The number of amides is 1. The van der Waals surface area contributed by atoms with Gasteiger partial charge in [-0.1, -0.05) is 19.1 Å². The highest BCUT2D eigenvalue weighted by Crippen LogP contribution is 2.29. The van der Waals surface area contributed by atoms with Gasteiger partial charge in [-0.3, -0.25) is 19.7 Å². The summed E-state index contributed by atoms with van der Waals surface area (Å²) in [6, 6.07) is 4.49. The summed E-state index contributed by atoms with van der Waals surface area (Å²) in [4.78, 5) is 35.2. The molecular formula is C14H16N2O5. The van der Waals surface area contributed by atoms with Gasteiger partial charge in [0.25, 0.3) is 11.6 Å². The molecule has 1 N–H and O–H groups in total. The van der Waals surface area contributed by atoms with Crippen molar-refractivity contribution in [2.24, 2.45) is 11.8 Å². The first kappa shape index (κ1) is 15.0. The zero-order valence-corrected chi connectivity index (χ0v) is 11.8. The standard InChI is InChI=1S/C14H16N2O5/c1-8-4-3-5-11(16(20)21)12(8)13(17)15-6-10(7-15)9(2)14(18)19/h3-5,9-10H,6-7H2,1-2H3,(H,18,19). The molecule has 1 amide bonds. The van der Waals surface area contributed by atoms with Gasteiger partial charge in [0.2, 0.25) is 0 Å². The zero-order valence-electron chi connectivity index (χ0n) is 11.8. The summed E-state index contributed by atoms with van der Waals surface area (Å²) in [5.74, 6) is -1.93. The van der Waals surface area contributed by atoms with Gasteiger partial charge >= 0.3 is 5.97 Å². The van der Waals surface area contributed by atoms with Gasteiger partial charge in [0.15, 0.2) is 0 Å². The van der Waals surface area contributed by atoms with E-state index in [0.717, 1.165) is 0 Å². The summed E-state index contributed by atoms with van der Waals surface area (Å²) in [5, 5.41) is 20.0. The second kappa shape index (κ2) is 5.51. The summed E-state index contributed by atoms with van der Waals surface area (Å²) in [6.45, 7) is 3.89. The van der Waals surface area contributed by atoms with Crippen LogP contribution in [0.1, 0.15) is 22.8 Å². The van der Waals surface area contributed by atoms with Gasteiger partial charge in [-0.05, 0) is 12.5 Å². The predicted octanol–water partition coefficient (Wildman–Crippen LogP) is 1.70. The third-order valence-electron chi connectivity index (χ3n) is 3.95. The summed E-state index contributed by atoms with van der Waals surface area (Å²) in [7, 11) is 0. The molecule has 0 aliphatic carbocycles. The number of aryl methyl sites for hydroxylation is 1. The Balaban J connectivity index is 2.17. The van der Waals surface area contributed by atoms with Crippen molar-refractivity contribution in [3.8, 4) is 0 Å². The number of aliphatic carboxylic acids is 1. The van der Waals surface area contributed by atoms with Crippen LogP contribution in [0.3, 0.4) is 0 Å². The van der Waals surface area contributed by atoms with Crippen molar-refractivity contribution in [1.82, 2.24) is 4.90 Å². The molecule has 112 valence electrons. The zero-order chi connectivity index (χ0) is 15.7. The predicted molar refractivity (Wildman–Crippen MR) is 74.0 cm³/mol. The molecule has 1 unspecified atom stereocenters. The van der Waals surface area contributed by atoms with Gasteiger partial charge in [0, 0.05) is 25.1 Å². The lowest BCUT2D eigenvalue weighted by atomic mass is 9.86. The minimum absolute atomic E-state index is 0.0870. The van der Waals surface area contributed by atoms with Gasteiger partial charge < -0.3 is 10.0 Å². The third kappa shape index (κ3) is 2.72. The monoisotopic (exact) mass is 292 g/mol. The van der Waals surface area contributed by atoms with Crippen molar-refractivity contribution >= 4 is 17.6 Å². The molecule has 7 nitrogen and oxygen atoms in total. The SMILES string of the molecule is Cc1cccc([N+](=O)[O-])c1C(=O)N1CC(C(C)C(=O)O)C1. The highest BCUT2D eigenvalue weighted by Gasteiger charge is 2.39. The molecule has 1 aromatic rings. The Morgan fingerprint density at radius 3 is 2.57 bits per heavy atom. The number of carboxylic acid groups (broad SMARTS) is 1. The Kier molecular flexibility index (Phi) is 3.93. The number of carbonyl (C=O) groups is 2. The van der Waals surface area contributed by atoms with Crippen molar-refractivity contribution in [2.75, 3.05) is 13.1 Å². The second-order valence-corrected chi connectivity index (χ2v) is 5.32. The second-order valence-electron chi connectivity index (χ2n) is 5.32. The number of benzene rings is 1. The fraction of sp³-hybridized carbons (Fsp3) is 0.429. The van der Waals surface area contributed by atoms with Crippen LogP contribution < -0.4 is 0 Å². The lowest BCUT2D eigenvalue weighted by Crippen LogP contribution is -2.53. The maximum absolute atomic E-state index is 12.4. The van der Waals surface area contributed by atoms with Crippen molar-refractivity contribution in [3.05, 3.63) is 39.4 Å². The van der Waals surface area contributed by atoms with E-state index in [4.69, 9.17) is 5.11 Å². The summed E-state index contributed by atoms with van der Waals surface area (Å²) >= 11 is 0. The van der Waals surface area contributed by atoms with Crippen LogP contribution in [0.25, 0.3) is 0 Å². The molecule has 1 atom stereocenters. The van der Waals surface area contributed by atoms with Crippen LogP contribution in [0.5, 0.6) is 0 Å². The number of nitro groups is 1. The first-order chi connectivity index (χ1) is 9.82.